The predicted octanol–water partition coefficient (Wildman–Crippen LogP) is 5.93. The molecule has 0 radical (unpaired) electrons. The molecule has 0 rings (SSSR count). The smallest absolute Gasteiger partial charge is 0.306 e. The number of hydrogen-bond acceptors (Lipinski definition) is 8. The number of quaternary nitrogens is 1. The molecule has 0 saturated carbocycles. The first kappa shape index (κ1) is 37.0. The second-order valence-electron chi connectivity index (χ2n) is 11.1. The summed E-state index contributed by atoms with van der Waals surface area (Å²) >= 11 is 0. The number of hydrogen-bond donors (Lipinski definition) is 0. The molecule has 0 aromatic heterocycles. The first-order valence-electron chi connectivity index (χ1n) is 14.7. The van der Waals surface area contributed by atoms with E-state index < -0.39 is 32.5 Å². The van der Waals surface area contributed by atoms with Gasteiger partial charge in [-0.1, -0.05) is 90.9 Å². The van der Waals surface area contributed by atoms with Crippen LogP contribution in [0.1, 0.15) is 117 Å². The summed E-state index contributed by atoms with van der Waals surface area (Å²) in [6.45, 7) is 3.81. The predicted molar refractivity (Wildman–Crippen MR) is 148 cm³/mol. The molecule has 9 nitrogen and oxygen atoms in total. The van der Waals surface area contributed by atoms with Crippen LogP contribution >= 0.6 is 7.82 Å². The lowest BCUT2D eigenvalue weighted by Crippen LogP contribution is -2.37. The molecule has 2 unspecified atom stereocenters. The highest BCUT2D eigenvalue weighted by atomic mass is 31.2. The Morgan fingerprint density at radius 2 is 1.24 bits per heavy atom. The summed E-state index contributed by atoms with van der Waals surface area (Å²) in [5, 5.41) is 0. The number of nitrogens with zero attached hydrogens (tertiary/aromatic N) is 1. The molecule has 0 fully saturated rings. The normalized spacial score (nSPS) is 14.2. The maximum Gasteiger partial charge on any atom is 0.306 e. The minimum Gasteiger partial charge on any atom is -0.756 e. The van der Waals surface area contributed by atoms with Gasteiger partial charge < -0.3 is 27.9 Å². The second-order valence-corrected chi connectivity index (χ2v) is 12.5. The summed E-state index contributed by atoms with van der Waals surface area (Å²) in [5.41, 5.74) is 0. The van der Waals surface area contributed by atoms with Crippen molar-refractivity contribution in [3.05, 3.63) is 0 Å². The lowest BCUT2D eigenvalue weighted by Gasteiger charge is -2.28. The van der Waals surface area contributed by atoms with E-state index in [9.17, 15) is 19.0 Å². The van der Waals surface area contributed by atoms with Crippen LogP contribution in [-0.4, -0.2) is 70.0 Å². The molecular weight excluding hydrogens is 509 g/mol. The first-order chi connectivity index (χ1) is 18.0. The first-order valence-corrected chi connectivity index (χ1v) is 16.2. The summed E-state index contributed by atoms with van der Waals surface area (Å²) in [4.78, 5) is 36.1. The highest BCUT2D eigenvalue weighted by molar-refractivity contribution is 7.45. The van der Waals surface area contributed by atoms with Gasteiger partial charge >= 0.3 is 11.9 Å². The molecule has 0 bridgehead atoms. The number of ether oxygens (including phenoxy) is 2. The molecule has 2 atom stereocenters. The maximum absolute atomic E-state index is 12.3. The average molecular weight is 566 g/mol. The minimum atomic E-state index is -4.58. The van der Waals surface area contributed by atoms with Gasteiger partial charge in [0.05, 0.1) is 27.7 Å². The molecule has 10 heteroatoms. The van der Waals surface area contributed by atoms with Crippen molar-refractivity contribution in [3.8, 4) is 0 Å². The van der Waals surface area contributed by atoms with Gasteiger partial charge in [-0.05, 0) is 12.8 Å². The number of phosphoric acid groups is 1. The van der Waals surface area contributed by atoms with Gasteiger partial charge in [-0.3, -0.25) is 14.2 Å². The van der Waals surface area contributed by atoms with Gasteiger partial charge in [0.2, 0.25) is 0 Å². The third kappa shape index (κ3) is 25.3. The topological polar surface area (TPSA) is 111 Å². The summed E-state index contributed by atoms with van der Waals surface area (Å²) in [7, 11) is 1.16. The number of rotatable bonds is 26. The van der Waals surface area contributed by atoms with E-state index in [1.165, 1.54) is 64.2 Å². The van der Waals surface area contributed by atoms with Crippen LogP contribution in [0.3, 0.4) is 0 Å². The summed E-state index contributed by atoms with van der Waals surface area (Å²) in [6, 6.07) is 0. The Hall–Kier alpha value is -0.990. The number of carbonyl (C=O) groups excluding carboxylic acids is 2. The van der Waals surface area contributed by atoms with Crippen LogP contribution < -0.4 is 4.89 Å². The van der Waals surface area contributed by atoms with Crippen molar-refractivity contribution in [1.82, 2.24) is 0 Å². The van der Waals surface area contributed by atoms with Crippen molar-refractivity contribution < 1.29 is 42.1 Å². The third-order valence-corrected chi connectivity index (χ3v) is 7.06. The Bertz CT molecular complexity index is 653. The molecule has 0 aliphatic heterocycles. The standard InChI is InChI=1S/C28H56NO8P/c1-6-8-9-10-11-12-13-14-15-16-17-18-19-21-28(31)37-26(24-34-27(30)20-7-2)25-36-38(32,33)35-23-22-29(3,4)5/h26H,6-25H2,1-5H3. The van der Waals surface area contributed by atoms with E-state index >= 15 is 0 Å². The van der Waals surface area contributed by atoms with Crippen molar-refractivity contribution in [2.75, 3.05) is 47.5 Å². The molecule has 0 aromatic carbocycles. The van der Waals surface area contributed by atoms with Crippen molar-refractivity contribution in [3.63, 3.8) is 0 Å². The van der Waals surface area contributed by atoms with E-state index in [0.29, 0.717) is 23.9 Å². The Kier molecular flexibility index (Phi) is 22.2. The third-order valence-electron chi connectivity index (χ3n) is 6.10. The molecule has 0 amide bonds. The molecule has 0 N–H and O–H groups in total. The van der Waals surface area contributed by atoms with Crippen LogP contribution in [0.25, 0.3) is 0 Å². The van der Waals surface area contributed by atoms with E-state index in [-0.39, 0.29) is 26.1 Å². The Morgan fingerprint density at radius 1 is 0.711 bits per heavy atom. The average Bonchev–Trinajstić information content (AvgIpc) is 2.83. The van der Waals surface area contributed by atoms with Crippen molar-refractivity contribution in [2.24, 2.45) is 0 Å². The molecule has 0 spiro atoms. The molecule has 38 heavy (non-hydrogen) atoms. The van der Waals surface area contributed by atoms with Crippen LogP contribution in [0.2, 0.25) is 0 Å². The lowest BCUT2D eigenvalue weighted by atomic mass is 10.0. The quantitative estimate of drug-likeness (QED) is 0.0549. The van der Waals surface area contributed by atoms with E-state index in [1.54, 1.807) is 0 Å². The lowest BCUT2D eigenvalue weighted by molar-refractivity contribution is -0.870. The molecule has 0 heterocycles. The SMILES string of the molecule is CCCCCCCCCCCCCCCC(=O)OC(COC(=O)CCC)COP(=O)([O-])OCC[N+](C)(C)C. The minimum absolute atomic E-state index is 0.0285. The zero-order chi connectivity index (χ0) is 28.7. The second kappa shape index (κ2) is 22.8. The molecule has 0 aliphatic carbocycles. The molecule has 0 aromatic rings. The Morgan fingerprint density at radius 3 is 1.74 bits per heavy atom. The fraction of sp³-hybridized carbons (Fsp3) is 0.929. The van der Waals surface area contributed by atoms with Crippen LogP contribution in [0.4, 0.5) is 0 Å². The summed E-state index contributed by atoms with van der Waals surface area (Å²) in [6.07, 6.45) is 15.8. The van der Waals surface area contributed by atoms with E-state index in [2.05, 4.69) is 6.92 Å². The van der Waals surface area contributed by atoms with Gasteiger partial charge in [0.25, 0.3) is 7.82 Å². The van der Waals surface area contributed by atoms with Gasteiger partial charge in [-0.15, -0.1) is 0 Å². The summed E-state index contributed by atoms with van der Waals surface area (Å²) < 4.78 is 32.9. The maximum atomic E-state index is 12.3. The molecule has 0 saturated heterocycles. The fourth-order valence-corrected chi connectivity index (χ4v) is 4.48. The molecule has 226 valence electrons. The highest BCUT2D eigenvalue weighted by Gasteiger charge is 2.21. The number of carbonyl (C=O) groups is 2. The van der Waals surface area contributed by atoms with E-state index in [1.807, 2.05) is 28.1 Å². The largest absolute Gasteiger partial charge is 0.756 e. The van der Waals surface area contributed by atoms with Crippen molar-refractivity contribution in [2.45, 2.75) is 123 Å². The van der Waals surface area contributed by atoms with Crippen LogP contribution in [0.15, 0.2) is 0 Å². The Balaban J connectivity index is 4.24. The number of unbranched alkanes of at least 4 members (excludes halogenated alkanes) is 12. The monoisotopic (exact) mass is 565 g/mol. The van der Waals surface area contributed by atoms with Crippen molar-refractivity contribution >= 4 is 19.8 Å². The zero-order valence-corrected chi connectivity index (χ0v) is 25.8. The van der Waals surface area contributed by atoms with Gasteiger partial charge in [0.15, 0.2) is 6.10 Å². The van der Waals surface area contributed by atoms with Crippen LogP contribution in [0, 0.1) is 0 Å². The highest BCUT2D eigenvalue weighted by Crippen LogP contribution is 2.38. The Labute approximate surface area is 232 Å². The van der Waals surface area contributed by atoms with Crippen LogP contribution in [0.5, 0.6) is 0 Å². The van der Waals surface area contributed by atoms with Gasteiger partial charge in [-0.25, -0.2) is 0 Å². The summed E-state index contributed by atoms with van der Waals surface area (Å²) in [5.74, 6) is -0.894. The van der Waals surface area contributed by atoms with E-state index in [4.69, 9.17) is 18.5 Å². The van der Waals surface area contributed by atoms with E-state index in [0.717, 1.165) is 12.8 Å². The number of phosphoric ester groups is 1. The van der Waals surface area contributed by atoms with Gasteiger partial charge in [0.1, 0.15) is 19.8 Å². The molecule has 0 aliphatic rings. The van der Waals surface area contributed by atoms with Gasteiger partial charge in [0, 0.05) is 12.8 Å². The molecular formula is C28H56NO8P. The fourth-order valence-electron chi connectivity index (χ4n) is 3.75. The zero-order valence-electron chi connectivity index (χ0n) is 24.9. The van der Waals surface area contributed by atoms with Crippen molar-refractivity contribution in [1.29, 1.82) is 0 Å². The van der Waals surface area contributed by atoms with Gasteiger partial charge in [-0.2, -0.15) is 0 Å². The number of likely N-dealkylation sites (N-methyl/N-ethyl adjacent to an activating group) is 1. The van der Waals surface area contributed by atoms with Crippen LogP contribution in [-0.2, 0) is 32.7 Å². The number of esters is 2.